The molecule has 0 radical (unpaired) electrons. The van der Waals surface area contributed by atoms with Gasteiger partial charge in [0.05, 0.1) is 30.0 Å². The summed E-state index contributed by atoms with van der Waals surface area (Å²) in [4.78, 5) is 23.5. The molecular weight excluding hydrogens is 484 g/mol. The topological polar surface area (TPSA) is 106 Å². The summed E-state index contributed by atoms with van der Waals surface area (Å²) in [6, 6.07) is 16.5. The molecule has 36 heavy (non-hydrogen) atoms. The Labute approximate surface area is 214 Å². The highest BCUT2D eigenvalue weighted by Crippen LogP contribution is 2.29. The third kappa shape index (κ3) is 7.48. The number of carboxylic acid groups (broad SMARTS) is 1. The Bertz CT molecular complexity index is 1230. The summed E-state index contributed by atoms with van der Waals surface area (Å²) in [5.74, 6) is 0.183. The van der Waals surface area contributed by atoms with Gasteiger partial charge in [0, 0.05) is 5.56 Å². The predicted octanol–water partition coefficient (Wildman–Crippen LogP) is 5.57. The first-order valence-electron chi connectivity index (χ1n) is 11.4. The molecule has 0 aliphatic rings. The van der Waals surface area contributed by atoms with Crippen molar-refractivity contribution in [2.75, 3.05) is 13.2 Å². The third-order valence-corrected chi connectivity index (χ3v) is 5.19. The van der Waals surface area contributed by atoms with Crippen LogP contribution < -0.4 is 19.6 Å². The zero-order chi connectivity index (χ0) is 25.9. The highest BCUT2D eigenvalue weighted by Gasteiger charge is 2.11. The molecule has 0 aromatic heterocycles. The molecule has 1 amide bonds. The van der Waals surface area contributed by atoms with Crippen molar-refractivity contribution in [1.29, 1.82) is 0 Å². The minimum absolute atomic E-state index is 0.209. The van der Waals surface area contributed by atoms with Crippen molar-refractivity contribution in [2.45, 2.75) is 26.9 Å². The van der Waals surface area contributed by atoms with Crippen molar-refractivity contribution in [2.24, 2.45) is 5.10 Å². The fraction of sp³-hybridized carbons (Fsp3) is 0.222. The number of rotatable bonds is 12. The minimum atomic E-state index is -0.982. The number of carbonyl (C=O) groups is 2. The molecule has 3 rings (SSSR count). The monoisotopic (exact) mass is 510 g/mol. The van der Waals surface area contributed by atoms with Gasteiger partial charge in [-0.2, -0.15) is 5.10 Å². The van der Waals surface area contributed by atoms with E-state index in [-0.39, 0.29) is 12.2 Å². The summed E-state index contributed by atoms with van der Waals surface area (Å²) >= 11 is 6.32. The second-order valence-electron chi connectivity index (χ2n) is 7.62. The van der Waals surface area contributed by atoms with Crippen molar-refractivity contribution in [3.05, 3.63) is 87.9 Å². The molecule has 0 aliphatic carbocycles. The average Bonchev–Trinajstić information content (AvgIpc) is 2.87. The number of hydrogen-bond acceptors (Lipinski definition) is 6. The quantitative estimate of drug-likeness (QED) is 0.244. The molecule has 0 fully saturated rings. The van der Waals surface area contributed by atoms with E-state index in [0.29, 0.717) is 46.6 Å². The molecule has 0 atom stereocenters. The lowest BCUT2D eigenvalue weighted by atomic mass is 10.1. The molecule has 0 spiro atoms. The second kappa shape index (κ2) is 13.2. The minimum Gasteiger partial charge on any atom is -0.490 e. The Kier molecular flexibility index (Phi) is 9.71. The fourth-order valence-corrected chi connectivity index (χ4v) is 3.34. The van der Waals surface area contributed by atoms with Gasteiger partial charge < -0.3 is 19.3 Å². The van der Waals surface area contributed by atoms with Crippen LogP contribution in [0, 0.1) is 0 Å². The Hall–Kier alpha value is -4.04. The van der Waals surface area contributed by atoms with Crippen LogP contribution >= 0.6 is 11.6 Å². The van der Waals surface area contributed by atoms with Crippen molar-refractivity contribution in [3.63, 3.8) is 0 Å². The maximum atomic E-state index is 12.5. The van der Waals surface area contributed by atoms with Gasteiger partial charge in [0.2, 0.25) is 0 Å². The average molecular weight is 511 g/mol. The third-order valence-electron chi connectivity index (χ3n) is 4.90. The highest BCUT2D eigenvalue weighted by molar-refractivity contribution is 6.32. The number of nitrogens with zero attached hydrogens (tertiary/aromatic N) is 1. The van der Waals surface area contributed by atoms with Gasteiger partial charge in [-0.1, -0.05) is 30.7 Å². The van der Waals surface area contributed by atoms with Gasteiger partial charge in [0.25, 0.3) is 5.91 Å². The van der Waals surface area contributed by atoms with Crippen molar-refractivity contribution < 1.29 is 28.9 Å². The first kappa shape index (κ1) is 26.6. The number of benzene rings is 3. The summed E-state index contributed by atoms with van der Waals surface area (Å²) in [5, 5.41) is 13.4. The Morgan fingerprint density at radius 3 is 2.31 bits per heavy atom. The zero-order valence-corrected chi connectivity index (χ0v) is 20.7. The van der Waals surface area contributed by atoms with Crippen LogP contribution in [0.2, 0.25) is 5.02 Å². The maximum absolute atomic E-state index is 12.5. The Morgan fingerprint density at radius 2 is 1.64 bits per heavy atom. The molecule has 188 valence electrons. The van der Waals surface area contributed by atoms with Crippen molar-refractivity contribution in [1.82, 2.24) is 5.43 Å². The molecular formula is C27H27ClN2O6. The zero-order valence-electron chi connectivity index (χ0n) is 20.0. The number of nitrogens with one attached hydrogen (secondary N) is 1. The van der Waals surface area contributed by atoms with Crippen molar-refractivity contribution >= 4 is 29.7 Å². The smallest absolute Gasteiger partial charge is 0.335 e. The number of carboxylic acids is 1. The van der Waals surface area contributed by atoms with E-state index in [2.05, 4.69) is 10.5 Å². The first-order chi connectivity index (χ1) is 17.4. The van der Waals surface area contributed by atoms with E-state index in [9.17, 15) is 9.59 Å². The fourth-order valence-electron chi connectivity index (χ4n) is 3.10. The van der Waals surface area contributed by atoms with E-state index in [1.54, 1.807) is 48.5 Å². The summed E-state index contributed by atoms with van der Waals surface area (Å²) in [5.41, 5.74) is 4.56. The summed E-state index contributed by atoms with van der Waals surface area (Å²) < 4.78 is 17.0. The summed E-state index contributed by atoms with van der Waals surface area (Å²) in [6.45, 7) is 5.11. The van der Waals surface area contributed by atoms with Gasteiger partial charge in [0.15, 0.2) is 11.5 Å². The number of halogens is 1. The summed E-state index contributed by atoms with van der Waals surface area (Å²) in [7, 11) is 0. The van der Waals surface area contributed by atoms with Gasteiger partial charge >= 0.3 is 5.97 Å². The molecule has 0 unspecified atom stereocenters. The van der Waals surface area contributed by atoms with Gasteiger partial charge in [0.1, 0.15) is 12.4 Å². The molecule has 0 aliphatic heterocycles. The van der Waals surface area contributed by atoms with E-state index in [1.807, 2.05) is 13.8 Å². The molecule has 0 bridgehead atoms. The first-order valence-corrected chi connectivity index (χ1v) is 11.8. The van der Waals surface area contributed by atoms with Crippen LogP contribution in [0.5, 0.6) is 17.2 Å². The molecule has 0 saturated carbocycles. The highest BCUT2D eigenvalue weighted by atomic mass is 35.5. The number of hydrogen-bond donors (Lipinski definition) is 2. The van der Waals surface area contributed by atoms with Gasteiger partial charge in [-0.25, -0.2) is 10.2 Å². The molecule has 3 aromatic carbocycles. The van der Waals surface area contributed by atoms with Crippen molar-refractivity contribution in [3.8, 4) is 17.2 Å². The van der Waals surface area contributed by atoms with E-state index in [1.165, 1.54) is 18.3 Å². The number of aromatic carboxylic acids is 1. The molecule has 9 heteroatoms. The van der Waals surface area contributed by atoms with E-state index >= 15 is 0 Å². The normalized spacial score (nSPS) is 10.8. The largest absolute Gasteiger partial charge is 0.490 e. The molecule has 0 heterocycles. The second-order valence-corrected chi connectivity index (χ2v) is 8.03. The van der Waals surface area contributed by atoms with Crippen LogP contribution in [-0.2, 0) is 6.61 Å². The lowest BCUT2D eigenvalue weighted by Crippen LogP contribution is -2.17. The predicted molar refractivity (Wildman–Crippen MR) is 138 cm³/mol. The van der Waals surface area contributed by atoms with E-state index in [4.69, 9.17) is 30.9 Å². The Morgan fingerprint density at radius 1 is 0.917 bits per heavy atom. The van der Waals surface area contributed by atoms with Crippen LogP contribution in [-0.4, -0.2) is 36.4 Å². The van der Waals surface area contributed by atoms with Crippen LogP contribution in [0.1, 0.15) is 52.1 Å². The lowest BCUT2D eigenvalue weighted by molar-refractivity contribution is 0.0696. The molecule has 3 aromatic rings. The standard InChI is InChI=1S/C27H27ClN2O6/c1-3-13-35-24-12-10-21(15-25(24)34-4-2)26(31)30-29-16-19-7-11-23(22(28)14-19)36-17-18-5-8-20(9-6-18)27(32)33/h5-12,14-16H,3-4,13,17H2,1-2H3,(H,30,31)(H,32,33)/b29-16+. The number of carbonyl (C=O) groups excluding carboxylic acids is 1. The number of ether oxygens (including phenoxy) is 3. The van der Waals surface area contributed by atoms with Crippen LogP contribution in [0.4, 0.5) is 0 Å². The van der Waals surface area contributed by atoms with E-state index < -0.39 is 11.9 Å². The molecule has 8 nitrogen and oxygen atoms in total. The SMILES string of the molecule is CCCOc1ccc(C(=O)N/N=C/c2ccc(OCc3ccc(C(=O)O)cc3)c(Cl)c2)cc1OCC. The summed E-state index contributed by atoms with van der Waals surface area (Å²) in [6.07, 6.45) is 2.34. The van der Waals surface area contributed by atoms with Crippen LogP contribution in [0.15, 0.2) is 65.8 Å². The van der Waals surface area contributed by atoms with Gasteiger partial charge in [-0.05, 0) is 73.0 Å². The van der Waals surface area contributed by atoms with Crippen LogP contribution in [0.3, 0.4) is 0 Å². The number of amides is 1. The van der Waals surface area contributed by atoms with Crippen LogP contribution in [0.25, 0.3) is 0 Å². The molecule has 0 saturated heterocycles. The number of hydrazone groups is 1. The maximum Gasteiger partial charge on any atom is 0.335 e. The van der Waals surface area contributed by atoms with Gasteiger partial charge in [-0.15, -0.1) is 0 Å². The lowest BCUT2D eigenvalue weighted by Gasteiger charge is -2.12. The van der Waals surface area contributed by atoms with Gasteiger partial charge in [-0.3, -0.25) is 4.79 Å². The van der Waals surface area contributed by atoms with E-state index in [0.717, 1.165) is 12.0 Å². The molecule has 2 N–H and O–H groups in total. The Balaban J connectivity index is 1.58.